The number of methoxy groups -OCH3 is 1. The van der Waals surface area contributed by atoms with Crippen molar-refractivity contribution in [3.8, 4) is 5.75 Å². The normalized spacial score (nSPS) is 18.4. The molecule has 0 aromatic heterocycles. The van der Waals surface area contributed by atoms with Gasteiger partial charge in [-0.3, -0.25) is 9.59 Å². The standard InChI is InChI=1S/C14H17ClN2O6S/c1-8(18)16-10-7-12(23-2)13(6-9(10)15)24(21,22)17-5-3-4-11(17)14(19)20/h6-7,11H,3-5H2,1-2H3,(H,16,18)(H,19,20). The highest BCUT2D eigenvalue weighted by Gasteiger charge is 2.41. The van der Waals surface area contributed by atoms with E-state index in [9.17, 15) is 23.1 Å². The van der Waals surface area contributed by atoms with Gasteiger partial charge in [-0.25, -0.2) is 8.42 Å². The third-order valence-electron chi connectivity index (χ3n) is 3.64. The molecule has 1 aromatic carbocycles. The highest BCUT2D eigenvalue weighted by atomic mass is 35.5. The van der Waals surface area contributed by atoms with Crippen molar-refractivity contribution >= 4 is 39.2 Å². The second kappa shape index (κ2) is 6.96. The van der Waals surface area contributed by atoms with Crippen LogP contribution in [0.4, 0.5) is 5.69 Å². The number of anilines is 1. The molecule has 1 fully saturated rings. The maximum Gasteiger partial charge on any atom is 0.322 e. The van der Waals surface area contributed by atoms with Gasteiger partial charge in [0.05, 0.1) is 17.8 Å². The molecular formula is C14H17ClN2O6S. The van der Waals surface area contributed by atoms with Gasteiger partial charge in [-0.2, -0.15) is 4.31 Å². The first-order valence-corrected chi connectivity index (χ1v) is 8.90. The summed E-state index contributed by atoms with van der Waals surface area (Å²) in [5, 5.41) is 11.7. The van der Waals surface area contributed by atoms with E-state index in [1.807, 2.05) is 0 Å². The van der Waals surface area contributed by atoms with E-state index in [1.165, 1.54) is 20.1 Å². The fraction of sp³-hybridized carbons (Fsp3) is 0.429. The van der Waals surface area contributed by atoms with E-state index < -0.39 is 22.0 Å². The van der Waals surface area contributed by atoms with Crippen LogP contribution < -0.4 is 10.1 Å². The van der Waals surface area contributed by atoms with Crippen LogP contribution in [0.25, 0.3) is 0 Å². The summed E-state index contributed by atoms with van der Waals surface area (Å²) in [6.07, 6.45) is 0.699. The summed E-state index contributed by atoms with van der Waals surface area (Å²) in [5.41, 5.74) is 0.205. The number of amides is 1. The number of carbonyl (C=O) groups is 2. The fourth-order valence-corrected chi connectivity index (χ4v) is 4.67. The van der Waals surface area contributed by atoms with Crippen molar-refractivity contribution in [2.75, 3.05) is 19.0 Å². The van der Waals surface area contributed by atoms with E-state index in [0.29, 0.717) is 6.42 Å². The van der Waals surface area contributed by atoms with Gasteiger partial charge in [-0.15, -0.1) is 0 Å². The summed E-state index contributed by atoms with van der Waals surface area (Å²) in [6, 6.07) is 1.33. The fourth-order valence-electron chi connectivity index (χ4n) is 2.58. The number of ether oxygens (including phenoxy) is 1. The molecule has 0 radical (unpaired) electrons. The van der Waals surface area contributed by atoms with Gasteiger partial charge in [0.25, 0.3) is 0 Å². The van der Waals surface area contributed by atoms with Crippen LogP contribution in [0.15, 0.2) is 17.0 Å². The second-order valence-corrected chi connectivity index (χ2v) is 7.54. The summed E-state index contributed by atoms with van der Waals surface area (Å²) < 4.78 is 31.7. The van der Waals surface area contributed by atoms with Gasteiger partial charge in [0.15, 0.2) is 0 Å². The first-order chi connectivity index (χ1) is 11.2. The molecule has 1 atom stereocenters. The minimum Gasteiger partial charge on any atom is -0.495 e. The van der Waals surface area contributed by atoms with Crippen LogP contribution >= 0.6 is 11.6 Å². The van der Waals surface area contributed by atoms with Gasteiger partial charge in [0.1, 0.15) is 16.7 Å². The number of aliphatic carboxylic acids is 1. The predicted molar refractivity (Wildman–Crippen MR) is 86.9 cm³/mol. The number of carboxylic acids is 1. The number of hydrogen-bond donors (Lipinski definition) is 2. The SMILES string of the molecule is COc1cc(NC(C)=O)c(Cl)cc1S(=O)(=O)N1CCCC1C(=O)O. The number of nitrogens with one attached hydrogen (secondary N) is 1. The summed E-state index contributed by atoms with van der Waals surface area (Å²) in [6.45, 7) is 1.39. The molecule has 1 aliphatic heterocycles. The van der Waals surface area contributed by atoms with Gasteiger partial charge < -0.3 is 15.2 Å². The number of sulfonamides is 1. The molecule has 0 bridgehead atoms. The molecule has 24 heavy (non-hydrogen) atoms. The number of rotatable bonds is 5. The summed E-state index contributed by atoms with van der Waals surface area (Å²) in [5.74, 6) is -1.60. The maximum absolute atomic E-state index is 12.9. The summed E-state index contributed by atoms with van der Waals surface area (Å²) in [4.78, 5) is 22.2. The zero-order valence-electron chi connectivity index (χ0n) is 13.1. The second-order valence-electron chi connectivity index (χ2n) is 5.28. The molecule has 132 valence electrons. The van der Waals surface area contributed by atoms with Gasteiger partial charge >= 0.3 is 5.97 Å². The number of hydrogen-bond acceptors (Lipinski definition) is 5. The smallest absolute Gasteiger partial charge is 0.322 e. The Bertz CT molecular complexity index is 780. The Kier molecular flexibility index (Phi) is 5.36. The molecule has 1 amide bonds. The van der Waals surface area contributed by atoms with Crippen LogP contribution in [0.2, 0.25) is 5.02 Å². The van der Waals surface area contributed by atoms with Crippen LogP contribution in [0.1, 0.15) is 19.8 Å². The zero-order chi connectivity index (χ0) is 18.1. The van der Waals surface area contributed by atoms with Crippen LogP contribution in [-0.2, 0) is 19.6 Å². The largest absolute Gasteiger partial charge is 0.495 e. The number of carboxylic acid groups (broad SMARTS) is 1. The average molecular weight is 377 g/mol. The molecule has 1 unspecified atom stereocenters. The molecule has 0 saturated carbocycles. The van der Waals surface area contributed by atoms with Crippen molar-refractivity contribution < 1.29 is 27.9 Å². The van der Waals surface area contributed by atoms with Crippen molar-refractivity contribution in [3.05, 3.63) is 17.2 Å². The quantitative estimate of drug-likeness (QED) is 0.806. The highest BCUT2D eigenvalue weighted by molar-refractivity contribution is 7.89. The molecule has 0 aliphatic carbocycles. The molecule has 1 saturated heterocycles. The van der Waals surface area contributed by atoms with Gasteiger partial charge in [0, 0.05) is 19.5 Å². The van der Waals surface area contributed by atoms with Crippen LogP contribution in [-0.4, -0.2) is 49.4 Å². The maximum atomic E-state index is 12.9. The predicted octanol–water partition coefficient (Wildman–Crippen LogP) is 1.54. The lowest BCUT2D eigenvalue weighted by Gasteiger charge is -2.22. The van der Waals surface area contributed by atoms with E-state index in [2.05, 4.69) is 5.32 Å². The molecule has 1 heterocycles. The lowest BCUT2D eigenvalue weighted by molar-refractivity contribution is -0.140. The molecule has 1 aliphatic rings. The molecule has 10 heteroatoms. The minimum absolute atomic E-state index is 0.00986. The van der Waals surface area contributed by atoms with Gasteiger partial charge in [-0.1, -0.05) is 11.6 Å². The van der Waals surface area contributed by atoms with Crippen molar-refractivity contribution in [1.82, 2.24) is 4.31 Å². The van der Waals surface area contributed by atoms with E-state index in [-0.39, 0.29) is 40.2 Å². The Morgan fingerprint density at radius 3 is 2.62 bits per heavy atom. The Morgan fingerprint density at radius 2 is 2.08 bits per heavy atom. The monoisotopic (exact) mass is 376 g/mol. The Labute approximate surface area is 144 Å². The summed E-state index contributed by atoms with van der Waals surface area (Å²) >= 11 is 6.04. The number of carbonyl (C=O) groups excluding carboxylic acids is 1. The Balaban J connectivity index is 2.52. The van der Waals surface area contributed by atoms with Crippen LogP contribution in [0.5, 0.6) is 5.75 Å². The first kappa shape index (κ1) is 18.5. The number of halogens is 1. The average Bonchev–Trinajstić information content (AvgIpc) is 2.99. The molecule has 2 N–H and O–H groups in total. The molecular weight excluding hydrogens is 360 g/mol. The van der Waals surface area contributed by atoms with Crippen molar-refractivity contribution in [3.63, 3.8) is 0 Å². The molecule has 2 rings (SSSR count). The number of nitrogens with zero attached hydrogens (tertiary/aromatic N) is 1. The van der Waals surface area contributed by atoms with Crippen LogP contribution in [0, 0.1) is 0 Å². The topological polar surface area (TPSA) is 113 Å². The molecule has 0 spiro atoms. The Hall–Kier alpha value is -1.84. The van der Waals surface area contributed by atoms with Crippen LogP contribution in [0.3, 0.4) is 0 Å². The molecule has 1 aromatic rings. The van der Waals surface area contributed by atoms with E-state index in [4.69, 9.17) is 16.3 Å². The zero-order valence-corrected chi connectivity index (χ0v) is 14.6. The van der Waals surface area contributed by atoms with Crippen molar-refractivity contribution in [1.29, 1.82) is 0 Å². The highest BCUT2D eigenvalue weighted by Crippen LogP contribution is 2.37. The molecule has 8 nitrogen and oxygen atoms in total. The number of benzene rings is 1. The minimum atomic E-state index is -4.11. The lowest BCUT2D eigenvalue weighted by Crippen LogP contribution is -2.40. The van der Waals surface area contributed by atoms with E-state index >= 15 is 0 Å². The van der Waals surface area contributed by atoms with Crippen molar-refractivity contribution in [2.45, 2.75) is 30.7 Å². The Morgan fingerprint density at radius 1 is 1.42 bits per heavy atom. The van der Waals surface area contributed by atoms with E-state index in [0.717, 1.165) is 10.4 Å². The summed E-state index contributed by atoms with van der Waals surface area (Å²) in [7, 11) is -2.84. The lowest BCUT2D eigenvalue weighted by atomic mass is 10.2. The third-order valence-corrected chi connectivity index (χ3v) is 5.88. The van der Waals surface area contributed by atoms with E-state index in [1.54, 1.807) is 0 Å². The van der Waals surface area contributed by atoms with Crippen molar-refractivity contribution in [2.24, 2.45) is 0 Å². The van der Waals surface area contributed by atoms with Gasteiger partial charge in [0.2, 0.25) is 15.9 Å². The third kappa shape index (κ3) is 3.47. The first-order valence-electron chi connectivity index (χ1n) is 7.08. The van der Waals surface area contributed by atoms with Gasteiger partial charge in [-0.05, 0) is 18.9 Å².